The highest BCUT2D eigenvalue weighted by Gasteiger charge is 2.36. The number of fused-ring (bicyclic) bond motifs is 6. The zero-order valence-corrected chi connectivity index (χ0v) is 38.8. The van der Waals surface area contributed by atoms with Crippen molar-refractivity contribution in [1.29, 1.82) is 10.5 Å². The number of rotatable bonds is 15. The van der Waals surface area contributed by atoms with E-state index >= 15 is 0 Å². The highest BCUT2D eigenvalue weighted by Crippen LogP contribution is 2.45. The molecule has 0 saturated heterocycles. The van der Waals surface area contributed by atoms with Crippen LogP contribution in [0.2, 0.25) is 51.4 Å². The average molecular weight is 847 g/mol. The van der Waals surface area contributed by atoms with E-state index in [2.05, 4.69) is 126 Å². The minimum atomic E-state index is -1.10. The molecule has 6 heterocycles. The van der Waals surface area contributed by atoms with Crippen LogP contribution < -0.4 is 0 Å². The molecular weight excluding hydrogens is 785 g/mol. The SMILES string of the molecule is CC1CC(C=CC#N)CC1c1nnc2cnc3c(ccn3COCC[Si](C)(C)C)n12.C[C@@H]1C[C@H](CCC#N)C[C@@H]1c1nnc2cnc3c(ccn3COCC[Si](C)(C)C)n12. The van der Waals surface area contributed by atoms with E-state index in [1.54, 1.807) is 12.3 Å². The van der Waals surface area contributed by atoms with Crippen molar-refractivity contribution in [2.45, 2.75) is 129 Å². The summed E-state index contributed by atoms with van der Waals surface area (Å²) < 4.78 is 20.3. The summed E-state index contributed by atoms with van der Waals surface area (Å²) in [5, 5.41) is 35.7. The van der Waals surface area contributed by atoms with Crippen LogP contribution in [0.5, 0.6) is 0 Å². The first kappa shape index (κ1) is 43.3. The zero-order chi connectivity index (χ0) is 42.6. The van der Waals surface area contributed by atoms with Crippen LogP contribution in [0, 0.1) is 46.3 Å². The molecule has 2 aliphatic carbocycles. The van der Waals surface area contributed by atoms with E-state index in [0.29, 0.717) is 55.4 Å². The van der Waals surface area contributed by atoms with Crippen LogP contribution in [-0.2, 0) is 22.9 Å². The monoisotopic (exact) mass is 846 g/mol. The van der Waals surface area contributed by atoms with Gasteiger partial charge in [-0.2, -0.15) is 10.5 Å². The third-order valence-corrected chi connectivity index (χ3v) is 15.9. The van der Waals surface area contributed by atoms with Gasteiger partial charge in [0.05, 0.1) is 35.6 Å². The van der Waals surface area contributed by atoms with Crippen LogP contribution in [0.25, 0.3) is 33.6 Å². The first-order chi connectivity index (χ1) is 28.7. The Morgan fingerprint density at radius 3 is 1.73 bits per heavy atom. The molecule has 2 saturated carbocycles. The number of nitriles is 2. The third kappa shape index (κ3) is 9.89. The smallest absolute Gasteiger partial charge is 0.179 e. The van der Waals surface area contributed by atoms with Crippen molar-refractivity contribution in [2.75, 3.05) is 13.2 Å². The van der Waals surface area contributed by atoms with E-state index in [1.807, 2.05) is 24.7 Å². The van der Waals surface area contributed by atoms with Crippen LogP contribution in [0.4, 0.5) is 0 Å². The van der Waals surface area contributed by atoms with E-state index in [1.165, 1.54) is 0 Å². The fraction of sp³-hybridized carbons (Fsp3) is 0.591. The van der Waals surface area contributed by atoms with Crippen molar-refractivity contribution in [2.24, 2.45) is 23.7 Å². The van der Waals surface area contributed by atoms with E-state index in [4.69, 9.17) is 20.0 Å². The Balaban J connectivity index is 0.000000181. The Morgan fingerprint density at radius 1 is 0.717 bits per heavy atom. The molecule has 0 radical (unpaired) electrons. The fourth-order valence-corrected chi connectivity index (χ4v) is 10.6. The zero-order valence-electron chi connectivity index (χ0n) is 36.8. The van der Waals surface area contributed by atoms with Gasteiger partial charge in [-0.1, -0.05) is 59.2 Å². The Labute approximate surface area is 355 Å². The molecule has 2 fully saturated rings. The average Bonchev–Trinajstić information content (AvgIpc) is 4.06. The van der Waals surface area contributed by atoms with E-state index in [-0.39, 0.29) is 0 Å². The number of allylic oxidation sites excluding steroid dienone is 2. The molecule has 60 heavy (non-hydrogen) atoms. The molecule has 6 atom stereocenters. The topological polar surface area (TPSA) is 162 Å². The largest absolute Gasteiger partial charge is 0.361 e. The second-order valence-electron chi connectivity index (χ2n) is 19.6. The van der Waals surface area contributed by atoms with Gasteiger partial charge in [0.1, 0.15) is 25.1 Å². The molecule has 8 rings (SSSR count). The minimum absolute atomic E-state index is 0.315. The number of nitrogens with zero attached hydrogens (tertiary/aromatic N) is 12. The maximum absolute atomic E-state index is 8.93. The normalized spacial score (nSPS) is 22.3. The summed E-state index contributed by atoms with van der Waals surface area (Å²) in [4.78, 5) is 9.28. The molecule has 0 aromatic carbocycles. The molecule has 3 unspecified atom stereocenters. The van der Waals surface area contributed by atoms with Gasteiger partial charge in [-0.15, -0.1) is 20.4 Å². The summed E-state index contributed by atoms with van der Waals surface area (Å²) in [7, 11) is -2.19. The maximum atomic E-state index is 8.93. The Kier molecular flexibility index (Phi) is 13.3. The molecule has 0 spiro atoms. The van der Waals surface area contributed by atoms with Crippen LogP contribution in [0.1, 0.15) is 75.9 Å². The van der Waals surface area contributed by atoms with Crippen LogP contribution in [0.15, 0.2) is 49.1 Å². The Hall–Kier alpha value is -4.75. The summed E-state index contributed by atoms with van der Waals surface area (Å²) in [5.41, 5.74) is 5.42. The Morgan fingerprint density at radius 2 is 1.23 bits per heavy atom. The predicted octanol–water partition coefficient (Wildman–Crippen LogP) is 9.43. The standard InChI is InChI=1S/C22H32N6OSi.C22H30N6OSi/c2*1-16-12-17(6-5-8-23)13-18(16)21-26-25-20-14-24-22-19(28(20)21)7-9-27(22)15-29-10-11-30(2,3)4/h7,9,14,16-18H,5-6,10-13,15H2,1-4H3;5-7,9,14,16-18H,10-13,15H2,1-4H3/t16-,17+,18+;/m1./s1. The van der Waals surface area contributed by atoms with E-state index in [9.17, 15) is 0 Å². The van der Waals surface area contributed by atoms with Crippen LogP contribution in [-0.4, -0.2) is 77.7 Å². The molecule has 6 aromatic heterocycles. The second-order valence-corrected chi connectivity index (χ2v) is 30.9. The van der Waals surface area contributed by atoms with Gasteiger partial charge >= 0.3 is 0 Å². The predicted molar refractivity (Wildman–Crippen MR) is 240 cm³/mol. The van der Waals surface area contributed by atoms with Gasteiger partial charge in [-0.05, 0) is 80.0 Å². The molecule has 0 amide bonds. The van der Waals surface area contributed by atoms with Gasteiger partial charge in [0, 0.05) is 66.1 Å². The molecule has 6 aromatic rings. The molecule has 0 aliphatic heterocycles. The summed E-state index contributed by atoms with van der Waals surface area (Å²) in [5.74, 6) is 4.74. The summed E-state index contributed by atoms with van der Waals surface area (Å²) >= 11 is 0. The van der Waals surface area contributed by atoms with Crippen molar-refractivity contribution in [3.8, 4) is 12.1 Å². The van der Waals surface area contributed by atoms with Gasteiger partial charge in [-0.25, -0.2) is 9.97 Å². The maximum Gasteiger partial charge on any atom is 0.179 e. The van der Waals surface area contributed by atoms with E-state index < -0.39 is 16.1 Å². The number of ether oxygens (including phenoxy) is 2. The summed E-state index contributed by atoms with van der Waals surface area (Å²) in [6.07, 6.45) is 17.2. The van der Waals surface area contributed by atoms with Gasteiger partial charge in [0.25, 0.3) is 0 Å². The van der Waals surface area contributed by atoms with Gasteiger partial charge < -0.3 is 18.6 Å². The molecule has 2 aliphatic rings. The molecule has 318 valence electrons. The molecule has 14 nitrogen and oxygen atoms in total. The molecule has 0 N–H and O–H groups in total. The lowest BCUT2D eigenvalue weighted by atomic mass is 9.97. The van der Waals surface area contributed by atoms with Crippen molar-refractivity contribution < 1.29 is 9.47 Å². The lowest BCUT2D eigenvalue weighted by molar-refractivity contribution is 0.0898. The van der Waals surface area contributed by atoms with Crippen molar-refractivity contribution >= 4 is 49.8 Å². The molecular formula is C44H62N12O2Si2. The first-order valence-electron chi connectivity index (χ1n) is 21.7. The second kappa shape index (κ2) is 18.5. The number of hydrogen-bond donors (Lipinski definition) is 0. The van der Waals surface area contributed by atoms with Crippen LogP contribution in [0.3, 0.4) is 0 Å². The van der Waals surface area contributed by atoms with Crippen molar-refractivity contribution in [1.82, 2.24) is 48.3 Å². The number of aromatic nitrogens is 10. The minimum Gasteiger partial charge on any atom is -0.361 e. The van der Waals surface area contributed by atoms with E-state index in [0.717, 1.165) is 103 Å². The van der Waals surface area contributed by atoms with Crippen molar-refractivity contribution in [3.63, 3.8) is 0 Å². The highest BCUT2D eigenvalue weighted by molar-refractivity contribution is 6.76. The number of hydrogen-bond acceptors (Lipinski definition) is 10. The lowest BCUT2D eigenvalue weighted by Crippen LogP contribution is -2.22. The quantitative estimate of drug-likeness (QED) is 0.0553. The summed E-state index contributed by atoms with van der Waals surface area (Å²) in [6.45, 7) is 21.3. The van der Waals surface area contributed by atoms with Gasteiger partial charge in [-0.3, -0.25) is 8.80 Å². The van der Waals surface area contributed by atoms with Crippen molar-refractivity contribution in [3.05, 3.63) is 60.7 Å². The third-order valence-electron chi connectivity index (χ3n) is 12.5. The van der Waals surface area contributed by atoms with Gasteiger partial charge in [0.15, 0.2) is 22.6 Å². The Bertz CT molecular complexity index is 2510. The molecule has 0 bridgehead atoms. The summed E-state index contributed by atoms with van der Waals surface area (Å²) in [6, 6.07) is 10.9. The van der Waals surface area contributed by atoms with Gasteiger partial charge in [0.2, 0.25) is 0 Å². The fourth-order valence-electron chi connectivity index (χ4n) is 9.06. The molecule has 16 heteroatoms. The van der Waals surface area contributed by atoms with Crippen LogP contribution >= 0.6 is 0 Å². The highest BCUT2D eigenvalue weighted by atomic mass is 28.3. The first-order valence-corrected chi connectivity index (χ1v) is 29.1. The lowest BCUT2D eigenvalue weighted by Gasteiger charge is -2.16.